The first kappa shape index (κ1) is 14.3. The molecule has 108 valence electrons. The van der Waals surface area contributed by atoms with Gasteiger partial charge in [0.05, 0.1) is 0 Å². The number of thiophene rings is 1. The number of benzene rings is 1. The van der Waals surface area contributed by atoms with Crippen LogP contribution in [0, 0.1) is 17.7 Å². The summed E-state index contributed by atoms with van der Waals surface area (Å²) in [4.78, 5) is 3.83. The molecule has 0 bridgehead atoms. The van der Waals surface area contributed by atoms with E-state index in [2.05, 4.69) is 28.2 Å². The Bertz CT molecular complexity index is 698. The van der Waals surface area contributed by atoms with Gasteiger partial charge in [0.15, 0.2) is 0 Å². The highest BCUT2D eigenvalue weighted by molar-refractivity contribution is 7.10. The van der Waals surface area contributed by atoms with Gasteiger partial charge in [-0.3, -0.25) is 4.90 Å². The number of nitrogens with zero attached hydrogens (tertiary/aromatic N) is 1. The summed E-state index contributed by atoms with van der Waals surface area (Å²) in [5, 5.41) is 11.0. The van der Waals surface area contributed by atoms with Crippen molar-refractivity contribution in [2.45, 2.75) is 19.5 Å². The molecule has 0 saturated carbocycles. The van der Waals surface area contributed by atoms with Crippen LogP contribution >= 0.6 is 11.3 Å². The zero-order valence-electron chi connectivity index (χ0n) is 11.6. The van der Waals surface area contributed by atoms with Crippen LogP contribution in [0.15, 0.2) is 29.6 Å². The molecule has 4 heteroatoms. The monoisotopic (exact) mass is 301 g/mol. The van der Waals surface area contributed by atoms with Crippen LogP contribution < -0.4 is 0 Å². The minimum absolute atomic E-state index is 0.210. The average Bonchev–Trinajstić information content (AvgIpc) is 2.95. The molecule has 1 aromatic carbocycles. The standard InChI is InChI=1S/C17H16FNOS/c18-16-4-3-14(13(10-16)2-1-8-20)11-19-7-5-17-15(12-19)6-9-21-17/h3-4,6,9-10,20H,5,7-8,11-12H2. The normalized spacial score (nSPS) is 14.4. The Labute approximate surface area is 127 Å². The molecule has 0 atom stereocenters. The molecule has 1 N–H and O–H groups in total. The Hall–Kier alpha value is -1.67. The van der Waals surface area contributed by atoms with Gasteiger partial charge in [-0.2, -0.15) is 0 Å². The fourth-order valence-electron chi connectivity index (χ4n) is 2.62. The minimum Gasteiger partial charge on any atom is -0.384 e. The lowest BCUT2D eigenvalue weighted by molar-refractivity contribution is 0.247. The van der Waals surface area contributed by atoms with E-state index in [4.69, 9.17) is 5.11 Å². The first-order valence-electron chi connectivity index (χ1n) is 6.92. The van der Waals surface area contributed by atoms with Gasteiger partial charge >= 0.3 is 0 Å². The molecular weight excluding hydrogens is 285 g/mol. The molecule has 0 amide bonds. The van der Waals surface area contributed by atoms with Crippen molar-refractivity contribution in [1.82, 2.24) is 4.90 Å². The highest BCUT2D eigenvalue weighted by atomic mass is 32.1. The van der Waals surface area contributed by atoms with Crippen molar-refractivity contribution in [3.8, 4) is 11.8 Å². The van der Waals surface area contributed by atoms with E-state index < -0.39 is 0 Å². The molecule has 21 heavy (non-hydrogen) atoms. The van der Waals surface area contributed by atoms with Crippen LogP contribution in [0.5, 0.6) is 0 Å². The van der Waals surface area contributed by atoms with Crippen LogP contribution in [-0.2, 0) is 19.5 Å². The maximum Gasteiger partial charge on any atom is 0.124 e. The summed E-state index contributed by atoms with van der Waals surface area (Å²) < 4.78 is 13.4. The fourth-order valence-corrected chi connectivity index (χ4v) is 3.51. The Balaban J connectivity index is 1.79. The molecule has 0 unspecified atom stereocenters. The second kappa shape index (κ2) is 6.40. The van der Waals surface area contributed by atoms with Gasteiger partial charge < -0.3 is 5.11 Å². The molecule has 0 fully saturated rings. The molecule has 1 aromatic heterocycles. The Kier molecular flexibility index (Phi) is 4.35. The maximum atomic E-state index is 13.4. The maximum absolute atomic E-state index is 13.4. The smallest absolute Gasteiger partial charge is 0.124 e. The van der Waals surface area contributed by atoms with Gasteiger partial charge in [-0.15, -0.1) is 11.3 Å². The summed E-state index contributed by atoms with van der Waals surface area (Å²) in [5.74, 6) is 5.15. The largest absolute Gasteiger partial charge is 0.384 e. The quantitative estimate of drug-likeness (QED) is 0.862. The average molecular weight is 301 g/mol. The number of aliphatic hydroxyl groups is 1. The van der Waals surface area contributed by atoms with Crippen molar-refractivity contribution in [3.05, 3.63) is 57.0 Å². The van der Waals surface area contributed by atoms with Crippen molar-refractivity contribution < 1.29 is 9.50 Å². The highest BCUT2D eigenvalue weighted by Crippen LogP contribution is 2.25. The van der Waals surface area contributed by atoms with Gasteiger partial charge in [-0.25, -0.2) is 4.39 Å². The van der Waals surface area contributed by atoms with Crippen molar-refractivity contribution in [3.63, 3.8) is 0 Å². The molecule has 1 aliphatic heterocycles. The topological polar surface area (TPSA) is 23.5 Å². The molecular formula is C17H16FNOS. The predicted octanol–water partition coefficient (Wildman–Crippen LogP) is 2.79. The molecule has 3 rings (SSSR count). The molecule has 2 heterocycles. The van der Waals surface area contributed by atoms with Crippen LogP contribution in [0.2, 0.25) is 0 Å². The van der Waals surface area contributed by atoms with Crippen molar-refractivity contribution >= 4 is 11.3 Å². The zero-order valence-corrected chi connectivity index (χ0v) is 12.4. The Morgan fingerprint density at radius 1 is 1.33 bits per heavy atom. The van der Waals surface area contributed by atoms with E-state index in [1.807, 2.05) is 11.3 Å². The second-order valence-electron chi connectivity index (χ2n) is 5.09. The number of aliphatic hydroxyl groups excluding tert-OH is 1. The van der Waals surface area contributed by atoms with Crippen LogP contribution in [0.25, 0.3) is 0 Å². The van der Waals surface area contributed by atoms with Gasteiger partial charge in [0.25, 0.3) is 0 Å². The van der Waals surface area contributed by atoms with E-state index in [0.717, 1.165) is 31.6 Å². The first-order valence-corrected chi connectivity index (χ1v) is 7.80. The lowest BCUT2D eigenvalue weighted by atomic mass is 10.0. The van der Waals surface area contributed by atoms with E-state index in [1.165, 1.54) is 22.6 Å². The number of rotatable bonds is 2. The summed E-state index contributed by atoms with van der Waals surface area (Å²) in [7, 11) is 0. The SMILES string of the molecule is OCC#Cc1cc(F)ccc1CN1CCc2sccc2C1. The summed E-state index contributed by atoms with van der Waals surface area (Å²) in [6.45, 7) is 2.49. The first-order chi connectivity index (χ1) is 10.3. The third-order valence-electron chi connectivity index (χ3n) is 3.65. The van der Waals surface area contributed by atoms with E-state index in [0.29, 0.717) is 5.56 Å². The molecule has 0 spiro atoms. The highest BCUT2D eigenvalue weighted by Gasteiger charge is 2.18. The molecule has 0 radical (unpaired) electrons. The number of halogens is 1. The van der Waals surface area contributed by atoms with Gasteiger partial charge in [0.2, 0.25) is 0 Å². The van der Waals surface area contributed by atoms with Gasteiger partial charge in [0, 0.05) is 30.1 Å². The Morgan fingerprint density at radius 2 is 2.24 bits per heavy atom. The van der Waals surface area contributed by atoms with Crippen molar-refractivity contribution in [1.29, 1.82) is 0 Å². The van der Waals surface area contributed by atoms with Crippen LogP contribution in [-0.4, -0.2) is 23.2 Å². The summed E-state index contributed by atoms with van der Waals surface area (Å²) >= 11 is 1.82. The lowest BCUT2D eigenvalue weighted by Crippen LogP contribution is -2.29. The number of hydrogen-bond acceptors (Lipinski definition) is 3. The van der Waals surface area contributed by atoms with Gasteiger partial charge in [0.1, 0.15) is 12.4 Å². The number of fused-ring (bicyclic) bond motifs is 1. The lowest BCUT2D eigenvalue weighted by Gasteiger charge is -2.27. The van der Waals surface area contributed by atoms with Gasteiger partial charge in [-0.05, 0) is 41.1 Å². The van der Waals surface area contributed by atoms with Crippen LogP contribution in [0.4, 0.5) is 4.39 Å². The zero-order chi connectivity index (χ0) is 14.7. The van der Waals surface area contributed by atoms with E-state index in [1.54, 1.807) is 6.07 Å². The van der Waals surface area contributed by atoms with E-state index >= 15 is 0 Å². The minimum atomic E-state index is -0.292. The summed E-state index contributed by atoms with van der Waals surface area (Å²) in [6, 6.07) is 6.89. The Morgan fingerprint density at radius 3 is 3.10 bits per heavy atom. The fraction of sp³-hybridized carbons (Fsp3) is 0.294. The van der Waals surface area contributed by atoms with Crippen LogP contribution in [0.3, 0.4) is 0 Å². The summed E-state index contributed by atoms with van der Waals surface area (Å²) in [6.07, 6.45) is 1.08. The molecule has 1 aliphatic rings. The van der Waals surface area contributed by atoms with Gasteiger partial charge in [-0.1, -0.05) is 17.9 Å². The van der Waals surface area contributed by atoms with E-state index in [9.17, 15) is 4.39 Å². The van der Waals surface area contributed by atoms with Crippen molar-refractivity contribution in [2.24, 2.45) is 0 Å². The molecule has 2 aromatic rings. The third-order valence-corrected chi connectivity index (χ3v) is 4.68. The third kappa shape index (κ3) is 3.33. The molecule has 0 saturated heterocycles. The second-order valence-corrected chi connectivity index (χ2v) is 6.09. The summed E-state index contributed by atoms with van der Waals surface area (Å²) in [5.41, 5.74) is 3.08. The van der Waals surface area contributed by atoms with Crippen LogP contribution in [0.1, 0.15) is 21.6 Å². The predicted molar refractivity (Wildman–Crippen MR) is 82.5 cm³/mol. The molecule has 0 aliphatic carbocycles. The number of hydrogen-bond donors (Lipinski definition) is 1. The molecule has 2 nitrogen and oxygen atoms in total. The van der Waals surface area contributed by atoms with Crippen molar-refractivity contribution in [2.75, 3.05) is 13.2 Å². The van der Waals surface area contributed by atoms with E-state index in [-0.39, 0.29) is 12.4 Å².